The average molecular weight is 395 g/mol. The number of nitrogen functional groups attached to an aromatic ring is 1. The van der Waals surface area contributed by atoms with E-state index in [1.165, 1.54) is 17.6 Å². The number of anilines is 1. The van der Waals surface area contributed by atoms with Crippen molar-refractivity contribution in [1.29, 1.82) is 0 Å². The second kappa shape index (κ2) is 8.14. The van der Waals surface area contributed by atoms with Crippen molar-refractivity contribution in [2.24, 2.45) is 5.10 Å². The number of hydrogen-bond acceptors (Lipinski definition) is 6. The van der Waals surface area contributed by atoms with Crippen LogP contribution in [0.4, 0.5) is 5.69 Å². The second-order valence-corrected chi connectivity index (χ2v) is 7.38. The van der Waals surface area contributed by atoms with Gasteiger partial charge in [-0.15, -0.1) is 11.3 Å². The van der Waals surface area contributed by atoms with Crippen molar-refractivity contribution in [2.45, 2.75) is 13.8 Å². The van der Waals surface area contributed by atoms with Crippen LogP contribution in [0.2, 0.25) is 0 Å². The highest BCUT2D eigenvalue weighted by Crippen LogP contribution is 2.34. The third-order valence-corrected chi connectivity index (χ3v) is 5.43. The van der Waals surface area contributed by atoms with Crippen molar-refractivity contribution in [3.63, 3.8) is 0 Å². The van der Waals surface area contributed by atoms with Crippen molar-refractivity contribution < 1.29 is 14.6 Å². The Labute approximate surface area is 167 Å². The monoisotopic (exact) mass is 395 g/mol. The minimum atomic E-state index is -0.370. The summed E-state index contributed by atoms with van der Waals surface area (Å²) < 4.78 is 5.16. The van der Waals surface area contributed by atoms with Gasteiger partial charge in [-0.05, 0) is 78.6 Å². The Morgan fingerprint density at radius 1 is 1.18 bits per heavy atom. The van der Waals surface area contributed by atoms with Crippen LogP contribution in [0, 0.1) is 13.8 Å². The van der Waals surface area contributed by atoms with Gasteiger partial charge >= 0.3 is 0 Å². The standard InChI is InChI=1S/C21H21N3O3S/c1-12-8-14(9-13(2)19(12)25)11-23-24-21(26)20-17(22)10-18(28-20)15-4-6-16(27-3)7-5-15/h4-11,25H,22H2,1-3H3,(H,24,26)/b23-11+. The van der Waals surface area contributed by atoms with E-state index in [2.05, 4.69) is 10.5 Å². The van der Waals surface area contributed by atoms with Gasteiger partial charge in [0, 0.05) is 4.88 Å². The Bertz CT molecular complexity index is 1020. The number of methoxy groups -OCH3 is 1. The summed E-state index contributed by atoms with van der Waals surface area (Å²) >= 11 is 1.30. The molecule has 0 unspecified atom stereocenters. The van der Waals surface area contributed by atoms with E-state index in [-0.39, 0.29) is 11.7 Å². The molecule has 0 spiro atoms. The summed E-state index contributed by atoms with van der Waals surface area (Å²) in [6.07, 6.45) is 1.53. The maximum absolute atomic E-state index is 12.4. The van der Waals surface area contributed by atoms with Crippen molar-refractivity contribution in [1.82, 2.24) is 5.43 Å². The molecule has 0 aliphatic rings. The van der Waals surface area contributed by atoms with Gasteiger partial charge in [0.05, 0.1) is 19.0 Å². The van der Waals surface area contributed by atoms with Gasteiger partial charge in [-0.2, -0.15) is 5.10 Å². The van der Waals surface area contributed by atoms with Crippen molar-refractivity contribution in [2.75, 3.05) is 12.8 Å². The number of amides is 1. The van der Waals surface area contributed by atoms with Crippen LogP contribution in [0.1, 0.15) is 26.4 Å². The zero-order chi connectivity index (χ0) is 20.3. The molecule has 7 heteroatoms. The number of nitrogens with one attached hydrogen (secondary N) is 1. The van der Waals surface area contributed by atoms with Gasteiger partial charge in [-0.1, -0.05) is 0 Å². The zero-order valence-corrected chi connectivity index (χ0v) is 16.6. The van der Waals surface area contributed by atoms with Crippen LogP contribution in [0.5, 0.6) is 11.5 Å². The van der Waals surface area contributed by atoms with Crippen molar-refractivity contribution in [3.05, 3.63) is 64.0 Å². The number of rotatable bonds is 5. The third kappa shape index (κ3) is 4.15. The highest BCUT2D eigenvalue weighted by Gasteiger charge is 2.15. The first-order valence-corrected chi connectivity index (χ1v) is 9.38. The molecule has 0 atom stereocenters. The summed E-state index contributed by atoms with van der Waals surface area (Å²) in [5, 5.41) is 13.8. The number of carbonyl (C=O) groups is 1. The molecular formula is C21H21N3O3S. The van der Waals surface area contributed by atoms with E-state index in [1.54, 1.807) is 25.3 Å². The highest BCUT2D eigenvalue weighted by atomic mass is 32.1. The molecule has 0 aliphatic carbocycles. The van der Waals surface area contributed by atoms with Crippen LogP contribution in [0.15, 0.2) is 47.6 Å². The number of ether oxygens (including phenoxy) is 1. The SMILES string of the molecule is COc1ccc(-c2cc(N)c(C(=O)N/N=C/c3cc(C)c(O)c(C)c3)s2)cc1. The van der Waals surface area contributed by atoms with Crippen LogP contribution in [-0.2, 0) is 0 Å². The molecule has 3 rings (SSSR count). The van der Waals surface area contributed by atoms with E-state index in [1.807, 2.05) is 38.1 Å². The molecule has 2 aromatic carbocycles. The molecule has 0 bridgehead atoms. The minimum absolute atomic E-state index is 0.263. The fourth-order valence-corrected chi connectivity index (χ4v) is 3.74. The molecule has 4 N–H and O–H groups in total. The predicted octanol–water partition coefficient (Wildman–Crippen LogP) is 4.09. The van der Waals surface area contributed by atoms with Gasteiger partial charge in [-0.25, -0.2) is 5.43 Å². The summed E-state index contributed by atoms with van der Waals surface area (Å²) in [4.78, 5) is 13.7. The van der Waals surface area contributed by atoms with Crippen LogP contribution in [-0.4, -0.2) is 24.3 Å². The number of nitrogens with two attached hydrogens (primary N) is 1. The maximum Gasteiger partial charge on any atom is 0.283 e. The Kier molecular flexibility index (Phi) is 5.65. The Morgan fingerprint density at radius 2 is 1.82 bits per heavy atom. The van der Waals surface area contributed by atoms with Crippen molar-refractivity contribution >= 4 is 29.1 Å². The lowest BCUT2D eigenvalue weighted by Crippen LogP contribution is -2.17. The molecule has 0 fully saturated rings. The number of thiophene rings is 1. The van der Waals surface area contributed by atoms with E-state index >= 15 is 0 Å². The number of aryl methyl sites for hydroxylation is 2. The van der Waals surface area contributed by atoms with Gasteiger partial charge in [0.25, 0.3) is 5.91 Å². The number of carbonyl (C=O) groups excluding carboxylic acids is 1. The summed E-state index contributed by atoms with van der Waals surface area (Å²) in [5.41, 5.74) is 12.2. The van der Waals surface area contributed by atoms with Gasteiger partial charge < -0.3 is 15.6 Å². The molecule has 1 heterocycles. The number of phenolic OH excluding ortho intramolecular Hbond substituents is 1. The zero-order valence-electron chi connectivity index (χ0n) is 15.8. The lowest BCUT2D eigenvalue weighted by Gasteiger charge is -2.04. The maximum atomic E-state index is 12.4. The molecule has 1 amide bonds. The summed E-state index contributed by atoms with van der Waals surface area (Å²) in [7, 11) is 1.61. The summed E-state index contributed by atoms with van der Waals surface area (Å²) in [6, 6.07) is 12.9. The molecule has 3 aromatic rings. The predicted molar refractivity (Wildman–Crippen MR) is 113 cm³/mol. The minimum Gasteiger partial charge on any atom is -0.507 e. The number of hydrazone groups is 1. The van der Waals surface area contributed by atoms with Gasteiger partial charge in [0.1, 0.15) is 16.4 Å². The van der Waals surface area contributed by atoms with E-state index in [9.17, 15) is 9.90 Å². The first-order valence-electron chi connectivity index (χ1n) is 8.56. The lowest BCUT2D eigenvalue weighted by molar-refractivity contribution is 0.0960. The van der Waals surface area contributed by atoms with Crippen molar-refractivity contribution in [3.8, 4) is 21.9 Å². The average Bonchev–Trinajstić information content (AvgIpc) is 3.07. The third-order valence-electron chi connectivity index (χ3n) is 4.23. The number of nitrogens with zero attached hydrogens (tertiary/aromatic N) is 1. The largest absolute Gasteiger partial charge is 0.507 e. The van der Waals surface area contributed by atoms with E-state index in [0.29, 0.717) is 10.6 Å². The van der Waals surface area contributed by atoms with Gasteiger partial charge in [-0.3, -0.25) is 4.79 Å². The first kappa shape index (κ1) is 19.4. The molecule has 28 heavy (non-hydrogen) atoms. The van der Waals surface area contributed by atoms with E-state index in [4.69, 9.17) is 10.5 Å². The van der Waals surface area contributed by atoms with Crippen LogP contribution < -0.4 is 15.9 Å². The first-order chi connectivity index (χ1) is 13.4. The number of hydrogen-bond donors (Lipinski definition) is 3. The second-order valence-electron chi connectivity index (χ2n) is 6.33. The highest BCUT2D eigenvalue weighted by molar-refractivity contribution is 7.18. The fraction of sp³-hybridized carbons (Fsp3) is 0.143. The summed E-state index contributed by atoms with van der Waals surface area (Å²) in [6.45, 7) is 3.62. The smallest absolute Gasteiger partial charge is 0.283 e. The molecule has 0 saturated heterocycles. The Morgan fingerprint density at radius 3 is 2.43 bits per heavy atom. The normalized spacial score (nSPS) is 11.0. The topological polar surface area (TPSA) is 96.9 Å². The number of phenols is 1. The van der Waals surface area contributed by atoms with Gasteiger partial charge in [0.2, 0.25) is 0 Å². The Hall–Kier alpha value is -3.32. The van der Waals surface area contributed by atoms with Crippen LogP contribution in [0.3, 0.4) is 0 Å². The molecule has 6 nitrogen and oxygen atoms in total. The lowest BCUT2D eigenvalue weighted by atomic mass is 10.1. The van der Waals surface area contributed by atoms with E-state index in [0.717, 1.165) is 32.9 Å². The number of aromatic hydroxyl groups is 1. The molecule has 1 aromatic heterocycles. The van der Waals surface area contributed by atoms with E-state index < -0.39 is 0 Å². The molecular weight excluding hydrogens is 374 g/mol. The molecule has 144 valence electrons. The molecule has 0 saturated carbocycles. The number of benzene rings is 2. The Balaban J connectivity index is 1.73. The quantitative estimate of drug-likeness (QED) is 0.448. The molecule has 0 radical (unpaired) electrons. The summed E-state index contributed by atoms with van der Waals surface area (Å²) in [5.74, 6) is 0.657. The fourth-order valence-electron chi connectivity index (χ4n) is 2.76. The van der Waals surface area contributed by atoms with Gasteiger partial charge in [0.15, 0.2) is 0 Å². The molecule has 0 aliphatic heterocycles. The van der Waals surface area contributed by atoms with Crippen LogP contribution in [0.25, 0.3) is 10.4 Å². The van der Waals surface area contributed by atoms with Crippen LogP contribution >= 0.6 is 11.3 Å².